The molecule has 0 aliphatic carbocycles. The van der Waals surface area contributed by atoms with Gasteiger partial charge in [0.25, 0.3) is 0 Å². The van der Waals surface area contributed by atoms with Crippen LogP contribution in [0.25, 0.3) is 0 Å². The number of hydrogen-bond donors (Lipinski definition) is 2. The molecule has 2 aromatic rings. The first kappa shape index (κ1) is 15.1. The van der Waals surface area contributed by atoms with Crippen LogP contribution in [-0.4, -0.2) is 18.2 Å². The zero-order chi connectivity index (χ0) is 15.2. The topological polar surface area (TPSA) is 58.2 Å². The van der Waals surface area contributed by atoms with Gasteiger partial charge in [0.2, 0.25) is 5.91 Å². The summed E-state index contributed by atoms with van der Waals surface area (Å²) >= 11 is 6.00. The fraction of sp³-hybridized carbons (Fsp3) is 0.125. The average molecular weight is 303 g/mol. The summed E-state index contributed by atoms with van der Waals surface area (Å²) in [4.78, 5) is 23.4. The second-order valence-electron chi connectivity index (χ2n) is 4.48. The van der Waals surface area contributed by atoms with E-state index < -0.39 is 0 Å². The molecular formula is C16H15ClN2O2. The summed E-state index contributed by atoms with van der Waals surface area (Å²) in [5.41, 5.74) is 1.69. The molecule has 0 saturated carbocycles. The lowest BCUT2D eigenvalue weighted by Gasteiger charge is -2.11. The lowest BCUT2D eigenvalue weighted by molar-refractivity contribution is -0.114. The fourth-order valence-corrected chi connectivity index (χ4v) is 2.08. The maximum Gasteiger partial charge on any atom is 0.243 e. The number of carbonyl (C=O) groups is 2. The van der Waals surface area contributed by atoms with E-state index in [1.54, 1.807) is 36.4 Å². The minimum absolute atomic E-state index is 0.0654. The van der Waals surface area contributed by atoms with Crippen molar-refractivity contribution in [3.8, 4) is 0 Å². The average Bonchev–Trinajstić information content (AvgIpc) is 2.47. The minimum atomic E-state index is -0.247. The molecule has 0 fully saturated rings. The van der Waals surface area contributed by atoms with Crippen molar-refractivity contribution < 1.29 is 9.59 Å². The molecule has 2 aromatic carbocycles. The summed E-state index contributed by atoms with van der Waals surface area (Å²) in [6.45, 7) is 1.53. The Kier molecular flexibility index (Phi) is 4.95. The van der Waals surface area contributed by atoms with Crippen molar-refractivity contribution in [2.45, 2.75) is 6.92 Å². The van der Waals surface area contributed by atoms with Gasteiger partial charge in [-0.15, -0.1) is 0 Å². The van der Waals surface area contributed by atoms with E-state index >= 15 is 0 Å². The van der Waals surface area contributed by atoms with Crippen LogP contribution < -0.4 is 10.6 Å². The molecule has 0 aliphatic heterocycles. The van der Waals surface area contributed by atoms with Crippen LogP contribution in [0.2, 0.25) is 5.02 Å². The third kappa shape index (κ3) is 4.07. The highest BCUT2D eigenvalue weighted by Gasteiger charge is 2.09. The summed E-state index contributed by atoms with van der Waals surface area (Å²) in [6, 6.07) is 14.1. The van der Waals surface area contributed by atoms with E-state index in [0.29, 0.717) is 22.0 Å². The van der Waals surface area contributed by atoms with Gasteiger partial charge in [-0.1, -0.05) is 35.9 Å². The van der Waals surface area contributed by atoms with Gasteiger partial charge >= 0.3 is 0 Å². The standard InChI is InChI=1S/C16H15ClN2O2/c1-11(20)12-6-2-4-8-14(12)19-16(21)10-18-15-9-5-3-7-13(15)17/h2-9,18H,10H2,1H3,(H,19,21). The van der Waals surface area contributed by atoms with Gasteiger partial charge in [-0.3, -0.25) is 9.59 Å². The Morgan fingerprint density at radius 3 is 2.29 bits per heavy atom. The Morgan fingerprint density at radius 1 is 1.00 bits per heavy atom. The number of benzene rings is 2. The van der Waals surface area contributed by atoms with Crippen molar-refractivity contribution in [3.63, 3.8) is 0 Å². The number of para-hydroxylation sites is 2. The SMILES string of the molecule is CC(=O)c1ccccc1NC(=O)CNc1ccccc1Cl. The first-order chi connectivity index (χ1) is 10.1. The molecule has 5 heteroatoms. The van der Waals surface area contributed by atoms with Gasteiger partial charge in [0.1, 0.15) is 0 Å². The molecule has 1 amide bonds. The van der Waals surface area contributed by atoms with Crippen molar-refractivity contribution in [1.29, 1.82) is 0 Å². The maximum absolute atomic E-state index is 11.9. The summed E-state index contributed by atoms with van der Waals surface area (Å²) in [5.74, 6) is -0.339. The Labute approximate surface area is 128 Å². The molecule has 0 heterocycles. The molecule has 0 radical (unpaired) electrons. The highest BCUT2D eigenvalue weighted by Crippen LogP contribution is 2.20. The molecule has 0 spiro atoms. The lowest BCUT2D eigenvalue weighted by Crippen LogP contribution is -2.22. The number of hydrogen-bond acceptors (Lipinski definition) is 3. The van der Waals surface area contributed by atoms with Crippen LogP contribution in [0.1, 0.15) is 17.3 Å². The molecule has 0 saturated heterocycles. The summed E-state index contributed by atoms with van der Waals surface area (Å²) in [6.07, 6.45) is 0. The smallest absolute Gasteiger partial charge is 0.243 e. The normalized spacial score (nSPS) is 10.0. The van der Waals surface area contributed by atoms with E-state index in [0.717, 1.165) is 0 Å². The molecule has 2 rings (SSSR count). The number of amides is 1. The number of carbonyl (C=O) groups excluding carboxylic acids is 2. The number of Topliss-reactive ketones (excluding diaryl/α,β-unsaturated/α-hetero) is 1. The molecule has 0 aromatic heterocycles. The molecule has 4 nitrogen and oxygen atoms in total. The predicted octanol–water partition coefficient (Wildman–Crippen LogP) is 3.59. The van der Waals surface area contributed by atoms with Crippen LogP contribution in [0.5, 0.6) is 0 Å². The molecule has 0 unspecified atom stereocenters. The molecule has 0 bridgehead atoms. The Bertz CT molecular complexity index is 671. The summed E-state index contributed by atoms with van der Waals surface area (Å²) in [5, 5.41) is 6.22. The van der Waals surface area contributed by atoms with E-state index in [9.17, 15) is 9.59 Å². The predicted molar refractivity (Wildman–Crippen MR) is 85.0 cm³/mol. The number of nitrogens with one attached hydrogen (secondary N) is 2. The second-order valence-corrected chi connectivity index (χ2v) is 4.89. The fourth-order valence-electron chi connectivity index (χ4n) is 1.87. The Balaban J connectivity index is 2.00. The van der Waals surface area contributed by atoms with Crippen molar-refractivity contribution in [2.75, 3.05) is 17.2 Å². The van der Waals surface area contributed by atoms with Crippen molar-refractivity contribution in [2.24, 2.45) is 0 Å². The number of halogens is 1. The second kappa shape index (κ2) is 6.90. The number of anilines is 2. The van der Waals surface area contributed by atoms with Crippen LogP contribution in [0, 0.1) is 0 Å². The van der Waals surface area contributed by atoms with Crippen molar-refractivity contribution in [3.05, 3.63) is 59.1 Å². The van der Waals surface area contributed by atoms with Gasteiger partial charge in [-0.2, -0.15) is 0 Å². The number of rotatable bonds is 5. The van der Waals surface area contributed by atoms with E-state index in [2.05, 4.69) is 10.6 Å². The summed E-state index contributed by atoms with van der Waals surface area (Å²) < 4.78 is 0. The molecule has 0 aliphatic rings. The van der Waals surface area contributed by atoms with E-state index in [-0.39, 0.29) is 18.2 Å². The van der Waals surface area contributed by atoms with E-state index in [1.807, 2.05) is 12.1 Å². The zero-order valence-electron chi connectivity index (χ0n) is 11.5. The largest absolute Gasteiger partial charge is 0.375 e. The van der Waals surface area contributed by atoms with Crippen LogP contribution in [0.4, 0.5) is 11.4 Å². The zero-order valence-corrected chi connectivity index (χ0v) is 12.3. The van der Waals surface area contributed by atoms with Crippen LogP contribution in [-0.2, 0) is 4.79 Å². The molecule has 2 N–H and O–H groups in total. The maximum atomic E-state index is 11.9. The van der Waals surface area contributed by atoms with Gasteiger partial charge in [-0.05, 0) is 31.2 Å². The lowest BCUT2D eigenvalue weighted by atomic mass is 10.1. The van der Waals surface area contributed by atoms with Crippen LogP contribution >= 0.6 is 11.6 Å². The number of ketones is 1. The van der Waals surface area contributed by atoms with Gasteiger partial charge in [0.05, 0.1) is 22.9 Å². The monoisotopic (exact) mass is 302 g/mol. The molecule has 0 atom stereocenters. The highest BCUT2D eigenvalue weighted by atomic mass is 35.5. The Hall–Kier alpha value is -2.33. The van der Waals surface area contributed by atoms with Gasteiger partial charge in [0, 0.05) is 5.56 Å². The quantitative estimate of drug-likeness (QED) is 0.830. The van der Waals surface area contributed by atoms with Crippen LogP contribution in [0.3, 0.4) is 0 Å². The minimum Gasteiger partial charge on any atom is -0.375 e. The summed E-state index contributed by atoms with van der Waals surface area (Å²) in [7, 11) is 0. The highest BCUT2D eigenvalue weighted by molar-refractivity contribution is 6.33. The molecule has 108 valence electrons. The van der Waals surface area contributed by atoms with Gasteiger partial charge in [0.15, 0.2) is 5.78 Å². The molecule has 21 heavy (non-hydrogen) atoms. The van der Waals surface area contributed by atoms with E-state index in [1.165, 1.54) is 6.92 Å². The first-order valence-corrected chi connectivity index (χ1v) is 6.84. The van der Waals surface area contributed by atoms with Crippen molar-refractivity contribution in [1.82, 2.24) is 0 Å². The van der Waals surface area contributed by atoms with Gasteiger partial charge < -0.3 is 10.6 Å². The van der Waals surface area contributed by atoms with Gasteiger partial charge in [-0.25, -0.2) is 0 Å². The van der Waals surface area contributed by atoms with Crippen LogP contribution in [0.15, 0.2) is 48.5 Å². The first-order valence-electron chi connectivity index (χ1n) is 6.46. The van der Waals surface area contributed by atoms with E-state index in [4.69, 9.17) is 11.6 Å². The third-order valence-corrected chi connectivity index (χ3v) is 3.22. The van der Waals surface area contributed by atoms with Crippen molar-refractivity contribution >= 4 is 34.7 Å². The Morgan fingerprint density at radius 2 is 1.62 bits per heavy atom. The third-order valence-electron chi connectivity index (χ3n) is 2.89. The molecular weight excluding hydrogens is 288 g/mol.